The van der Waals surface area contributed by atoms with Gasteiger partial charge in [0.25, 0.3) is 0 Å². The van der Waals surface area contributed by atoms with Crippen molar-refractivity contribution in [3.8, 4) is 0 Å². The van der Waals surface area contributed by atoms with E-state index in [1.807, 2.05) is 6.92 Å². The second-order valence-electron chi connectivity index (χ2n) is 7.63. The van der Waals surface area contributed by atoms with Gasteiger partial charge in [-0.3, -0.25) is 4.99 Å². The molecule has 0 spiro atoms. The second kappa shape index (κ2) is 8.73. The first-order valence-corrected chi connectivity index (χ1v) is 10.2. The first-order valence-electron chi connectivity index (χ1n) is 10.2. The number of ether oxygens (including phenoxy) is 1. The molecule has 0 radical (unpaired) electrons. The van der Waals surface area contributed by atoms with Gasteiger partial charge in [0.1, 0.15) is 11.6 Å². The third-order valence-corrected chi connectivity index (χ3v) is 5.45. The lowest BCUT2D eigenvalue weighted by Crippen LogP contribution is -2.36. The maximum atomic E-state index is 13.7. The van der Waals surface area contributed by atoms with Crippen LogP contribution in [0, 0.1) is 12.7 Å². The molecule has 3 nitrogen and oxygen atoms in total. The van der Waals surface area contributed by atoms with E-state index in [1.54, 1.807) is 6.07 Å². The number of hydrogen-bond acceptors (Lipinski definition) is 3. The first-order chi connectivity index (χ1) is 13.0. The number of benzene rings is 1. The highest BCUT2D eigenvalue weighted by Gasteiger charge is 2.28. The lowest BCUT2D eigenvalue weighted by atomic mass is 9.95. The summed E-state index contributed by atoms with van der Waals surface area (Å²) >= 11 is 0. The summed E-state index contributed by atoms with van der Waals surface area (Å²) < 4.78 is 20.0. The standard InChI is InChI=1S/C23H31FN2O/c1-5-8-20(25-21-14-18(24)12-11-16(21)3)17-13-23(27-19-9-7-10-19)22(6-2)26(4)15-17/h11-15,19,22H,5-10H2,1-4H3/b25-20+. The van der Waals surface area contributed by atoms with E-state index in [-0.39, 0.29) is 11.9 Å². The van der Waals surface area contributed by atoms with Crippen LogP contribution in [0.3, 0.4) is 0 Å². The van der Waals surface area contributed by atoms with Crippen LogP contribution in [0.1, 0.15) is 57.9 Å². The van der Waals surface area contributed by atoms with Crippen LogP contribution in [-0.2, 0) is 4.74 Å². The van der Waals surface area contributed by atoms with Gasteiger partial charge in [-0.05, 0) is 62.8 Å². The van der Waals surface area contributed by atoms with Crippen molar-refractivity contribution in [1.29, 1.82) is 0 Å². The SMILES string of the molecule is CCC/C(=N\c1cc(F)ccc1C)C1=CN(C)C(CC)C(OC2CCC2)=C1. The largest absolute Gasteiger partial charge is 0.493 e. The molecule has 1 aliphatic heterocycles. The van der Waals surface area contributed by atoms with E-state index in [1.165, 1.54) is 18.6 Å². The molecular formula is C23H31FN2O. The number of likely N-dealkylation sites (N-methyl/N-ethyl adjacent to an activating group) is 1. The Morgan fingerprint density at radius 2 is 2.07 bits per heavy atom. The molecule has 0 N–H and O–H groups in total. The van der Waals surface area contributed by atoms with Crippen molar-refractivity contribution in [2.75, 3.05) is 7.05 Å². The molecule has 1 unspecified atom stereocenters. The van der Waals surface area contributed by atoms with Crippen LogP contribution in [0.2, 0.25) is 0 Å². The summed E-state index contributed by atoms with van der Waals surface area (Å²) in [5, 5.41) is 0. The van der Waals surface area contributed by atoms with Crippen LogP contribution in [0.5, 0.6) is 0 Å². The summed E-state index contributed by atoms with van der Waals surface area (Å²) in [4.78, 5) is 7.08. The van der Waals surface area contributed by atoms with Gasteiger partial charge in [-0.1, -0.05) is 26.3 Å². The van der Waals surface area contributed by atoms with Crippen LogP contribution >= 0.6 is 0 Å². The maximum Gasteiger partial charge on any atom is 0.125 e. The van der Waals surface area contributed by atoms with Crippen LogP contribution < -0.4 is 0 Å². The normalized spacial score (nSPS) is 20.9. The van der Waals surface area contributed by atoms with Gasteiger partial charge in [-0.15, -0.1) is 0 Å². The Balaban J connectivity index is 1.95. The third-order valence-electron chi connectivity index (χ3n) is 5.45. The number of aryl methyl sites for hydroxylation is 1. The van der Waals surface area contributed by atoms with Gasteiger partial charge in [-0.2, -0.15) is 0 Å². The lowest BCUT2D eigenvalue weighted by Gasteiger charge is -2.36. The number of hydrogen-bond donors (Lipinski definition) is 0. The van der Waals surface area contributed by atoms with E-state index < -0.39 is 0 Å². The molecule has 1 heterocycles. The van der Waals surface area contributed by atoms with Gasteiger partial charge in [0.05, 0.1) is 17.8 Å². The zero-order chi connectivity index (χ0) is 19.4. The molecular weight excluding hydrogens is 339 g/mol. The average Bonchev–Trinajstić information content (AvgIpc) is 2.60. The molecule has 146 valence electrons. The Morgan fingerprint density at radius 1 is 1.30 bits per heavy atom. The summed E-state index contributed by atoms with van der Waals surface area (Å²) in [6.07, 6.45) is 11.1. The molecule has 0 saturated heterocycles. The van der Waals surface area contributed by atoms with Crippen molar-refractivity contribution in [3.63, 3.8) is 0 Å². The topological polar surface area (TPSA) is 24.8 Å². The van der Waals surface area contributed by atoms with Crippen LogP contribution in [0.25, 0.3) is 0 Å². The molecule has 3 rings (SSSR count). The minimum absolute atomic E-state index is 0.250. The van der Waals surface area contributed by atoms with Gasteiger partial charge in [0.2, 0.25) is 0 Å². The van der Waals surface area contributed by atoms with E-state index in [9.17, 15) is 4.39 Å². The molecule has 0 aromatic heterocycles. The van der Waals surface area contributed by atoms with Crippen molar-refractivity contribution in [3.05, 3.63) is 53.2 Å². The lowest BCUT2D eigenvalue weighted by molar-refractivity contribution is 0.0299. The quantitative estimate of drug-likeness (QED) is 0.544. The maximum absolute atomic E-state index is 13.7. The van der Waals surface area contributed by atoms with Gasteiger partial charge < -0.3 is 9.64 Å². The number of rotatable bonds is 7. The Morgan fingerprint density at radius 3 is 2.70 bits per heavy atom. The van der Waals surface area contributed by atoms with Crippen molar-refractivity contribution >= 4 is 11.4 Å². The Kier molecular flexibility index (Phi) is 6.35. The van der Waals surface area contributed by atoms with Crippen LogP contribution in [0.15, 0.2) is 46.8 Å². The molecule has 1 fully saturated rings. The molecule has 1 aliphatic carbocycles. The molecule has 1 atom stereocenters. The molecule has 0 amide bonds. The predicted octanol–water partition coefficient (Wildman–Crippen LogP) is 6.07. The average molecular weight is 371 g/mol. The molecule has 1 aromatic rings. The zero-order valence-electron chi connectivity index (χ0n) is 17.0. The predicted molar refractivity (Wildman–Crippen MR) is 110 cm³/mol. The van der Waals surface area contributed by atoms with Crippen molar-refractivity contribution in [2.24, 2.45) is 4.99 Å². The molecule has 2 aliphatic rings. The number of nitrogens with zero attached hydrogens (tertiary/aromatic N) is 2. The molecule has 0 bridgehead atoms. The van der Waals surface area contributed by atoms with E-state index in [4.69, 9.17) is 9.73 Å². The number of allylic oxidation sites excluding steroid dienone is 2. The fourth-order valence-electron chi connectivity index (χ4n) is 3.59. The van der Waals surface area contributed by atoms with Gasteiger partial charge in [0, 0.05) is 24.5 Å². The highest BCUT2D eigenvalue weighted by atomic mass is 19.1. The molecule has 27 heavy (non-hydrogen) atoms. The van der Waals surface area contributed by atoms with Crippen molar-refractivity contribution in [2.45, 2.75) is 71.4 Å². The summed E-state index contributed by atoms with van der Waals surface area (Å²) in [5.74, 6) is 0.794. The fourth-order valence-corrected chi connectivity index (χ4v) is 3.59. The summed E-state index contributed by atoms with van der Waals surface area (Å²) in [5.41, 5.74) is 3.75. The Bertz CT molecular complexity index is 762. The highest BCUT2D eigenvalue weighted by Crippen LogP contribution is 2.31. The second-order valence-corrected chi connectivity index (χ2v) is 7.63. The summed E-state index contributed by atoms with van der Waals surface area (Å²) in [7, 11) is 2.10. The first kappa shape index (κ1) is 19.7. The third kappa shape index (κ3) is 4.60. The highest BCUT2D eigenvalue weighted by molar-refractivity contribution is 6.04. The van der Waals surface area contributed by atoms with E-state index in [2.05, 4.69) is 38.1 Å². The minimum Gasteiger partial charge on any atom is -0.493 e. The monoisotopic (exact) mass is 370 g/mol. The number of aliphatic imine (C=N–C) groups is 1. The van der Waals surface area contributed by atoms with E-state index >= 15 is 0 Å². The summed E-state index contributed by atoms with van der Waals surface area (Å²) in [6.45, 7) is 6.30. The summed E-state index contributed by atoms with van der Waals surface area (Å²) in [6, 6.07) is 5.06. The van der Waals surface area contributed by atoms with Crippen LogP contribution in [-0.4, -0.2) is 29.8 Å². The minimum atomic E-state index is -0.250. The number of halogens is 1. The van der Waals surface area contributed by atoms with Crippen molar-refractivity contribution in [1.82, 2.24) is 4.90 Å². The molecule has 4 heteroatoms. The van der Waals surface area contributed by atoms with E-state index in [0.29, 0.717) is 11.8 Å². The van der Waals surface area contributed by atoms with Gasteiger partial charge >= 0.3 is 0 Å². The Hall–Kier alpha value is -2.10. The zero-order valence-corrected chi connectivity index (χ0v) is 17.0. The van der Waals surface area contributed by atoms with Gasteiger partial charge in [0.15, 0.2) is 0 Å². The smallest absolute Gasteiger partial charge is 0.125 e. The molecule has 1 saturated carbocycles. The fraction of sp³-hybridized carbons (Fsp3) is 0.522. The van der Waals surface area contributed by atoms with Crippen molar-refractivity contribution < 1.29 is 9.13 Å². The Labute approximate surface area is 162 Å². The van der Waals surface area contributed by atoms with E-state index in [0.717, 1.165) is 54.7 Å². The van der Waals surface area contributed by atoms with Gasteiger partial charge in [-0.25, -0.2) is 4.39 Å². The molecule has 1 aromatic carbocycles. The van der Waals surface area contributed by atoms with Crippen LogP contribution in [0.4, 0.5) is 10.1 Å².